The highest BCUT2D eigenvalue weighted by Crippen LogP contribution is 2.15. The predicted octanol–water partition coefficient (Wildman–Crippen LogP) is -1.99. The molecule has 1 amide bonds. The van der Waals surface area contributed by atoms with Crippen LogP contribution in [0.2, 0.25) is 0 Å². The molecule has 0 aliphatic carbocycles. The molecule has 0 heterocycles. The normalized spacial score (nSPS) is 13.4. The van der Waals surface area contributed by atoms with Crippen LogP contribution in [-0.4, -0.2) is 39.2 Å². The number of aliphatic carboxylic acids is 1. The molecule has 0 spiro atoms. The maximum absolute atomic E-state index is 11.3. The summed E-state index contributed by atoms with van der Waals surface area (Å²) in [5, 5.41) is 40.8. The minimum Gasteiger partial charge on any atom is -0.547 e. The lowest BCUT2D eigenvalue weighted by Crippen LogP contribution is -2.48. The number of nitrogens with one attached hydrogen (secondary N) is 1. The van der Waals surface area contributed by atoms with Crippen molar-refractivity contribution in [2.24, 2.45) is 0 Å². The number of rotatable bonds is 5. The van der Waals surface area contributed by atoms with E-state index in [1.54, 1.807) is 0 Å². The number of carboxylic acids is 1. The number of anilines is 1. The van der Waals surface area contributed by atoms with Crippen LogP contribution in [0.4, 0.5) is 11.4 Å². The first kappa shape index (κ1) is 14.5. The Hall–Kier alpha value is -2.52. The van der Waals surface area contributed by atoms with Crippen molar-refractivity contribution < 1.29 is 29.8 Å². The van der Waals surface area contributed by atoms with E-state index in [1.165, 1.54) is 12.1 Å². The Morgan fingerprint density at radius 3 is 2.11 bits per heavy atom. The third-order valence-electron chi connectivity index (χ3n) is 2.15. The second-order valence-electron chi connectivity index (χ2n) is 3.50. The van der Waals surface area contributed by atoms with Gasteiger partial charge in [-0.3, -0.25) is 14.9 Å². The molecule has 0 fully saturated rings. The molecule has 9 heteroatoms. The molecule has 0 radical (unpaired) electrons. The molecule has 3 N–H and O–H groups in total. The van der Waals surface area contributed by atoms with Crippen LogP contribution in [0.5, 0.6) is 0 Å². The lowest BCUT2D eigenvalue weighted by molar-refractivity contribution is -0.384. The minimum absolute atomic E-state index is 0.0974. The van der Waals surface area contributed by atoms with E-state index in [2.05, 4.69) is 5.32 Å². The van der Waals surface area contributed by atoms with Crippen LogP contribution in [0.25, 0.3) is 0 Å². The first-order valence-electron chi connectivity index (χ1n) is 4.95. The Morgan fingerprint density at radius 2 is 1.68 bits per heavy atom. The number of aliphatic hydroxyl groups is 2. The first-order valence-corrected chi connectivity index (χ1v) is 4.95. The highest BCUT2D eigenvalue weighted by atomic mass is 16.6. The summed E-state index contributed by atoms with van der Waals surface area (Å²) in [6, 6.07) is 4.59. The van der Waals surface area contributed by atoms with Crippen LogP contribution in [0.1, 0.15) is 0 Å². The Labute approximate surface area is 106 Å². The van der Waals surface area contributed by atoms with Gasteiger partial charge in [0.25, 0.3) is 11.6 Å². The average molecular weight is 269 g/mol. The van der Waals surface area contributed by atoms with E-state index in [-0.39, 0.29) is 11.4 Å². The first-order chi connectivity index (χ1) is 8.82. The maximum atomic E-state index is 11.3. The summed E-state index contributed by atoms with van der Waals surface area (Å²) in [7, 11) is 0. The van der Waals surface area contributed by atoms with Crippen LogP contribution in [0, 0.1) is 10.1 Å². The van der Waals surface area contributed by atoms with Crippen LogP contribution >= 0.6 is 0 Å². The van der Waals surface area contributed by atoms with E-state index in [0.717, 1.165) is 12.1 Å². The van der Waals surface area contributed by atoms with Gasteiger partial charge in [0.2, 0.25) is 0 Å². The summed E-state index contributed by atoms with van der Waals surface area (Å²) in [6.07, 6.45) is -4.57. The van der Waals surface area contributed by atoms with Gasteiger partial charge >= 0.3 is 0 Å². The van der Waals surface area contributed by atoms with Gasteiger partial charge in [0.05, 0.1) is 10.9 Å². The van der Waals surface area contributed by atoms with Gasteiger partial charge in [0.15, 0.2) is 6.10 Å². The van der Waals surface area contributed by atoms with Gasteiger partial charge in [-0.15, -0.1) is 0 Å². The van der Waals surface area contributed by atoms with E-state index >= 15 is 0 Å². The van der Waals surface area contributed by atoms with Crippen molar-refractivity contribution in [1.29, 1.82) is 0 Å². The molecule has 1 aromatic carbocycles. The van der Waals surface area contributed by atoms with Crippen molar-refractivity contribution >= 4 is 23.3 Å². The van der Waals surface area contributed by atoms with Crippen LogP contribution in [0.3, 0.4) is 0 Å². The van der Waals surface area contributed by atoms with Crippen molar-refractivity contribution in [1.82, 2.24) is 0 Å². The van der Waals surface area contributed by atoms with Crippen molar-refractivity contribution in [3.05, 3.63) is 34.4 Å². The summed E-state index contributed by atoms with van der Waals surface area (Å²) in [4.78, 5) is 31.3. The van der Waals surface area contributed by atoms with Gasteiger partial charge in [-0.05, 0) is 12.1 Å². The van der Waals surface area contributed by atoms with Crippen molar-refractivity contribution in [2.75, 3.05) is 5.32 Å². The number of nitro groups is 1. The highest BCUT2D eigenvalue weighted by molar-refractivity contribution is 5.97. The summed E-state index contributed by atoms with van der Waals surface area (Å²) < 4.78 is 0. The van der Waals surface area contributed by atoms with Gasteiger partial charge in [-0.2, -0.15) is 0 Å². The summed E-state index contributed by atoms with van der Waals surface area (Å²) in [5.41, 5.74) is -0.103. The maximum Gasteiger partial charge on any atom is 0.269 e. The Balaban J connectivity index is 2.71. The number of aliphatic hydroxyl groups excluding tert-OH is 2. The zero-order chi connectivity index (χ0) is 14.6. The largest absolute Gasteiger partial charge is 0.547 e. The molecule has 1 aromatic rings. The number of non-ortho nitro benzene ring substituents is 1. The number of nitro benzene ring substituents is 1. The number of carbonyl (C=O) groups is 2. The Morgan fingerprint density at radius 1 is 1.16 bits per heavy atom. The SMILES string of the molecule is O=C([O-])[C@@H](O)[C@H](O)C(=O)Nc1ccc([N+](=O)[O-])cc1. The number of amides is 1. The van der Waals surface area contributed by atoms with E-state index in [4.69, 9.17) is 10.2 Å². The molecule has 0 aliphatic rings. The fourth-order valence-electron chi connectivity index (χ4n) is 1.15. The number of carbonyl (C=O) groups excluding carboxylic acids is 2. The van der Waals surface area contributed by atoms with E-state index in [0.29, 0.717) is 0 Å². The molecule has 1 rings (SSSR count). The highest BCUT2D eigenvalue weighted by Gasteiger charge is 2.25. The number of carboxylic acid groups (broad SMARTS) is 1. The van der Waals surface area contributed by atoms with E-state index in [1.807, 2.05) is 0 Å². The number of benzene rings is 1. The van der Waals surface area contributed by atoms with Gasteiger partial charge in [0.1, 0.15) is 6.10 Å². The zero-order valence-electron chi connectivity index (χ0n) is 9.35. The average Bonchev–Trinajstić information content (AvgIpc) is 2.37. The number of hydrogen-bond acceptors (Lipinski definition) is 7. The lowest BCUT2D eigenvalue weighted by atomic mass is 10.2. The standard InChI is InChI=1S/C10H10N2O7/c13-7(8(14)10(16)17)9(15)11-5-1-3-6(4-2-5)12(18)19/h1-4,7-8,13-14H,(H,11,15)(H,16,17)/p-1/t7-,8-/m0/s1. The smallest absolute Gasteiger partial charge is 0.269 e. The van der Waals surface area contributed by atoms with Gasteiger partial charge < -0.3 is 25.4 Å². The molecular formula is C10H9N2O7-. The molecule has 0 aliphatic heterocycles. The monoisotopic (exact) mass is 269 g/mol. The van der Waals surface area contributed by atoms with Gasteiger partial charge in [-0.1, -0.05) is 0 Å². The second-order valence-corrected chi connectivity index (χ2v) is 3.50. The Kier molecular flexibility index (Phi) is 4.51. The van der Waals surface area contributed by atoms with Crippen molar-refractivity contribution in [2.45, 2.75) is 12.2 Å². The quantitative estimate of drug-likeness (QED) is 0.413. The second kappa shape index (κ2) is 5.89. The van der Waals surface area contributed by atoms with Crippen molar-refractivity contribution in [3.8, 4) is 0 Å². The Bertz CT molecular complexity index is 499. The molecule has 0 bridgehead atoms. The molecule has 9 nitrogen and oxygen atoms in total. The third-order valence-corrected chi connectivity index (χ3v) is 2.15. The van der Waals surface area contributed by atoms with Crippen LogP contribution < -0.4 is 10.4 Å². The molecular weight excluding hydrogens is 260 g/mol. The lowest BCUT2D eigenvalue weighted by Gasteiger charge is -2.17. The van der Waals surface area contributed by atoms with Gasteiger partial charge in [0, 0.05) is 17.8 Å². The summed E-state index contributed by atoms with van der Waals surface area (Å²) >= 11 is 0. The number of hydrogen-bond donors (Lipinski definition) is 3. The molecule has 0 unspecified atom stereocenters. The topological polar surface area (TPSA) is 153 Å². The molecule has 19 heavy (non-hydrogen) atoms. The predicted molar refractivity (Wildman–Crippen MR) is 58.7 cm³/mol. The number of nitrogens with zero attached hydrogens (tertiary/aromatic N) is 1. The third kappa shape index (κ3) is 3.72. The molecule has 0 aromatic heterocycles. The van der Waals surface area contributed by atoms with Crippen LogP contribution in [-0.2, 0) is 9.59 Å². The van der Waals surface area contributed by atoms with Crippen molar-refractivity contribution in [3.63, 3.8) is 0 Å². The summed E-state index contributed by atoms with van der Waals surface area (Å²) in [6.45, 7) is 0. The fraction of sp³-hybridized carbons (Fsp3) is 0.200. The fourth-order valence-corrected chi connectivity index (χ4v) is 1.15. The summed E-state index contributed by atoms with van der Waals surface area (Å²) in [5.74, 6) is -3.17. The molecule has 102 valence electrons. The molecule has 0 saturated carbocycles. The molecule has 0 saturated heterocycles. The zero-order valence-corrected chi connectivity index (χ0v) is 9.35. The van der Waals surface area contributed by atoms with Gasteiger partial charge in [-0.25, -0.2) is 0 Å². The van der Waals surface area contributed by atoms with E-state index < -0.39 is 29.0 Å². The minimum atomic E-state index is -2.36. The molecule has 2 atom stereocenters. The van der Waals surface area contributed by atoms with E-state index in [9.17, 15) is 24.8 Å². The van der Waals surface area contributed by atoms with Crippen LogP contribution in [0.15, 0.2) is 24.3 Å².